The van der Waals surface area contributed by atoms with E-state index in [1.807, 2.05) is 0 Å². The summed E-state index contributed by atoms with van der Waals surface area (Å²) >= 11 is 11.1. The molecule has 0 aliphatic rings. The Balaban J connectivity index is 3.58. The van der Waals surface area contributed by atoms with Crippen molar-refractivity contribution in [3.8, 4) is 0 Å². The molecule has 9 heavy (non-hydrogen) atoms. The van der Waals surface area contributed by atoms with Gasteiger partial charge in [0.25, 0.3) is 0 Å². The molecular weight excluding hydrogens is 1030 g/mol. The van der Waals surface area contributed by atoms with E-state index in [2.05, 4.69) is 74.5 Å². The molecule has 0 saturated carbocycles. The molecule has 0 aromatic carbocycles. The van der Waals surface area contributed by atoms with Gasteiger partial charge < -0.3 is 0 Å². The second kappa shape index (κ2) is 9.15. The Morgan fingerprint density at radius 1 is 1.11 bits per heavy atom. The summed E-state index contributed by atoms with van der Waals surface area (Å²) in [6, 6.07) is 0. The molecule has 0 atom stereocenters. The molecule has 0 aliphatic heterocycles. The van der Waals surface area contributed by atoms with Gasteiger partial charge in [0.1, 0.15) is 0 Å². The molecule has 0 bridgehead atoms. The first kappa shape index (κ1) is 14.9. The zero-order valence-electron chi connectivity index (χ0n) is 3.60. The molecule has 0 rings (SSSR count). The number of hydrogen-bond donors (Lipinski definition) is 0. The molecule has 60 valence electrons. The molecule has 9 heteroatoms. The molecule has 0 nitrogen and oxygen atoms in total. The monoisotopic (exact) mass is 1030 g/mol. The van der Waals surface area contributed by atoms with Crippen LogP contribution in [0.2, 0.25) is 0 Å². The zero-order valence-corrected chi connectivity index (χ0v) is 20.9. The van der Waals surface area contributed by atoms with Crippen LogP contribution in [0, 0.1) is 0 Å². The van der Waals surface area contributed by atoms with Gasteiger partial charge in [-0.2, -0.15) is 0 Å². The van der Waals surface area contributed by atoms with Gasteiger partial charge in [-0.25, -0.2) is 0 Å². The summed E-state index contributed by atoms with van der Waals surface area (Å²) in [6.07, 6.45) is 0. The van der Waals surface area contributed by atoms with Crippen LogP contribution in [0.25, 0.3) is 0 Å². The van der Waals surface area contributed by atoms with Gasteiger partial charge in [0.15, 0.2) is 0 Å². The minimum atomic E-state index is -0.435. The Kier molecular flexibility index (Phi) is 15.2. The van der Waals surface area contributed by atoms with Crippen molar-refractivity contribution in [1.82, 2.24) is 0 Å². The van der Waals surface area contributed by atoms with E-state index >= 15 is 0 Å². The molecule has 0 aliphatic carbocycles. The van der Waals surface area contributed by atoms with Gasteiger partial charge in [0.05, 0.1) is 0 Å². The van der Waals surface area contributed by atoms with Crippen molar-refractivity contribution in [2.75, 3.05) is 0 Å². The maximum atomic E-state index is 5.74. The molecule has 0 amide bonds. The third kappa shape index (κ3) is 7.79. The van der Waals surface area contributed by atoms with Crippen LogP contribution in [0.1, 0.15) is 0 Å². The van der Waals surface area contributed by atoms with E-state index in [0.29, 0.717) is 0 Å². The number of hydrogen-bond acceptors (Lipinski definition) is 0. The van der Waals surface area contributed by atoms with E-state index in [4.69, 9.17) is 5.70 Å². The van der Waals surface area contributed by atoms with Gasteiger partial charge in [0, 0.05) is 0 Å². The Labute approximate surface area is 115 Å². The topological polar surface area (TPSA) is 0 Å². The number of rotatable bonds is 3. The van der Waals surface area contributed by atoms with Gasteiger partial charge in [0.2, 0.25) is 0 Å². The summed E-state index contributed by atoms with van der Waals surface area (Å²) in [4.78, 5) is 0. The molecular formula is BI8-. The molecule has 0 saturated heterocycles. The van der Waals surface area contributed by atoms with Crippen molar-refractivity contribution in [2.24, 2.45) is 0 Å². The minimum absolute atomic E-state index is 0.206. The zero-order chi connectivity index (χ0) is 7.44. The Morgan fingerprint density at radius 3 is 1.67 bits per heavy atom. The fourth-order valence-corrected chi connectivity index (χ4v) is 467. The predicted molar refractivity (Wildman–Crippen MR) is 104 cm³/mol. The van der Waals surface area contributed by atoms with Crippen molar-refractivity contribution in [3.05, 3.63) is 0 Å². The molecule has 0 fully saturated rings. The maximum absolute atomic E-state index is 5.74. The van der Waals surface area contributed by atoms with E-state index in [0.717, 1.165) is 0 Å². The fraction of sp³-hybridized carbons (Fsp3) is 0. The van der Waals surface area contributed by atoms with Gasteiger partial charge >= 0.3 is 121 Å². The molecule has 0 heterocycles. The van der Waals surface area contributed by atoms with Crippen LogP contribution in [0.5, 0.6) is 0 Å². The summed E-state index contributed by atoms with van der Waals surface area (Å²) in [5, 5.41) is 0. The van der Waals surface area contributed by atoms with Crippen molar-refractivity contribution in [3.63, 3.8) is 0 Å². The van der Waals surface area contributed by atoms with E-state index in [9.17, 15) is 0 Å². The summed E-state index contributed by atoms with van der Waals surface area (Å²) in [7, 11) is -1.20. The molecule has 0 aromatic rings. The first-order valence-corrected chi connectivity index (χ1v) is 46.5. The normalized spacial score (nSPS) is 15.3. The van der Waals surface area contributed by atoms with Crippen LogP contribution < -0.4 is 17.0 Å². The summed E-state index contributed by atoms with van der Waals surface area (Å²) in [5.74, 6) is 0. The molecule has 2 radical (unpaired) electrons. The average molecular weight is 1030 g/mol. The summed E-state index contributed by atoms with van der Waals surface area (Å²) in [5.41, 5.74) is 5.74. The SMILES string of the molecule is [B][I-]I(I)I(I)I(I)I. The van der Waals surface area contributed by atoms with Crippen LogP contribution in [0.15, 0.2) is 0 Å². The van der Waals surface area contributed by atoms with Crippen LogP contribution in [0.4, 0.5) is 0 Å². The van der Waals surface area contributed by atoms with Crippen LogP contribution in [-0.2, 0) is 0 Å². The van der Waals surface area contributed by atoms with Gasteiger partial charge in [-0.05, 0) is 0 Å². The fourth-order valence-electron chi connectivity index (χ4n) is 0.0544. The van der Waals surface area contributed by atoms with Gasteiger partial charge in [-0.3, -0.25) is 0 Å². The van der Waals surface area contributed by atoms with Crippen LogP contribution in [-0.4, -0.2) is 5.70 Å². The summed E-state index contributed by atoms with van der Waals surface area (Å²) < 4.78 is 0. The first-order valence-electron chi connectivity index (χ1n) is 1.22. The third-order valence-electron chi connectivity index (χ3n) is 0.226. The van der Waals surface area contributed by atoms with Crippen molar-refractivity contribution in [2.45, 2.75) is 0 Å². The van der Waals surface area contributed by atoms with Gasteiger partial charge in [-0.15, -0.1) is 0 Å². The van der Waals surface area contributed by atoms with Crippen LogP contribution >= 0.6 is 98.1 Å². The number of halogens is 8. The van der Waals surface area contributed by atoms with Crippen molar-refractivity contribution >= 4 is 104 Å². The Hall–Kier alpha value is 5.90. The Bertz CT molecular complexity index is 69.0. The molecule has 0 N–H and O–H groups in total. The van der Waals surface area contributed by atoms with Crippen molar-refractivity contribution < 1.29 is 17.0 Å². The van der Waals surface area contributed by atoms with Crippen LogP contribution in [0.3, 0.4) is 0 Å². The molecule has 0 spiro atoms. The predicted octanol–water partition coefficient (Wildman–Crippen LogP) is 2.82. The molecule has 0 aromatic heterocycles. The van der Waals surface area contributed by atoms with E-state index in [1.165, 1.54) is 0 Å². The van der Waals surface area contributed by atoms with E-state index in [-0.39, 0.29) is 24.9 Å². The quantitative estimate of drug-likeness (QED) is 0.302. The average Bonchev–Trinajstić information content (AvgIpc) is 1.84. The standard InChI is InChI=1S/BI8/c1-6-8(4)9(5)7(2)3/q-1. The van der Waals surface area contributed by atoms with Crippen molar-refractivity contribution in [1.29, 1.82) is 0 Å². The van der Waals surface area contributed by atoms with Gasteiger partial charge in [-0.1, -0.05) is 0 Å². The Morgan fingerprint density at radius 2 is 1.56 bits per heavy atom. The third-order valence-corrected chi connectivity index (χ3v) is 349. The van der Waals surface area contributed by atoms with E-state index < -0.39 is 15.8 Å². The first-order chi connectivity index (χ1) is 4.09. The second-order valence-corrected chi connectivity index (χ2v) is 150. The second-order valence-electron chi connectivity index (χ2n) is 0.568. The van der Waals surface area contributed by atoms with E-state index in [1.54, 1.807) is 0 Å². The summed E-state index contributed by atoms with van der Waals surface area (Å²) in [6.45, 7) is 0. The molecule has 0 unspecified atom stereocenters.